The third kappa shape index (κ3) is 6.15. The lowest BCUT2D eigenvalue weighted by molar-refractivity contribution is 0.0926. The molecule has 8 nitrogen and oxygen atoms in total. The molecule has 0 aromatic carbocycles. The maximum atomic E-state index is 11.7. The van der Waals surface area contributed by atoms with E-state index in [1.807, 2.05) is 23.9 Å². The van der Waals surface area contributed by atoms with Crippen LogP contribution in [0.4, 0.5) is 0 Å². The van der Waals surface area contributed by atoms with Crippen LogP contribution in [0.3, 0.4) is 0 Å². The van der Waals surface area contributed by atoms with Crippen LogP contribution in [0.5, 0.6) is 0 Å². The van der Waals surface area contributed by atoms with E-state index in [2.05, 4.69) is 26.0 Å². The van der Waals surface area contributed by atoms with Crippen molar-refractivity contribution in [3.05, 3.63) is 42.6 Å². The number of nitrogens with zero attached hydrogens (tertiary/aromatic N) is 3. The third-order valence-corrected chi connectivity index (χ3v) is 3.17. The molecule has 0 aliphatic heterocycles. The second kappa shape index (κ2) is 10.1. The summed E-state index contributed by atoms with van der Waals surface area (Å²) in [7, 11) is 0. The van der Waals surface area contributed by atoms with Crippen molar-refractivity contribution in [2.75, 3.05) is 26.2 Å². The van der Waals surface area contributed by atoms with Crippen LogP contribution in [0.2, 0.25) is 0 Å². The van der Waals surface area contributed by atoms with Gasteiger partial charge in [-0.2, -0.15) is 5.10 Å². The molecule has 0 radical (unpaired) electrons. The second-order valence-electron chi connectivity index (χ2n) is 5.04. The van der Waals surface area contributed by atoms with Gasteiger partial charge in [-0.05, 0) is 31.5 Å². The van der Waals surface area contributed by atoms with Crippen LogP contribution in [-0.2, 0) is 6.54 Å². The summed E-state index contributed by atoms with van der Waals surface area (Å²) in [6.07, 6.45) is 6.10. The van der Waals surface area contributed by atoms with Gasteiger partial charge in [0.2, 0.25) is 0 Å². The number of carbonyl (C=O) groups is 1. The molecule has 0 atom stereocenters. The van der Waals surface area contributed by atoms with E-state index < -0.39 is 0 Å². The first kappa shape index (κ1) is 17.6. The Labute approximate surface area is 141 Å². The average molecular weight is 332 g/mol. The first-order chi connectivity index (χ1) is 11.8. The first-order valence-electron chi connectivity index (χ1n) is 8.11. The summed E-state index contributed by atoms with van der Waals surface area (Å²) < 4.78 is 6.92. The van der Waals surface area contributed by atoms with Gasteiger partial charge in [0.15, 0.2) is 11.7 Å². The first-order valence-corrected chi connectivity index (χ1v) is 8.11. The molecule has 8 heteroatoms. The Balaban J connectivity index is 1.64. The molecule has 2 aromatic rings. The van der Waals surface area contributed by atoms with Crippen LogP contribution in [-0.4, -0.2) is 47.8 Å². The van der Waals surface area contributed by atoms with E-state index in [-0.39, 0.29) is 5.91 Å². The lowest BCUT2D eigenvalue weighted by Gasteiger charge is -2.11. The van der Waals surface area contributed by atoms with Crippen molar-refractivity contribution in [1.82, 2.24) is 25.7 Å². The summed E-state index contributed by atoms with van der Waals surface area (Å²) >= 11 is 0. The summed E-state index contributed by atoms with van der Waals surface area (Å²) in [6.45, 7) is 5.40. The molecule has 0 saturated heterocycles. The normalized spacial score (nSPS) is 11.3. The van der Waals surface area contributed by atoms with E-state index in [1.54, 1.807) is 18.3 Å². The zero-order valence-electron chi connectivity index (χ0n) is 13.9. The molecule has 130 valence electrons. The number of carbonyl (C=O) groups excluding carboxylic acids is 1. The van der Waals surface area contributed by atoms with Crippen molar-refractivity contribution in [2.24, 2.45) is 4.99 Å². The maximum absolute atomic E-state index is 11.7. The van der Waals surface area contributed by atoms with Crippen molar-refractivity contribution in [2.45, 2.75) is 19.9 Å². The maximum Gasteiger partial charge on any atom is 0.287 e. The number of aliphatic imine (C=N–C) groups is 1. The summed E-state index contributed by atoms with van der Waals surface area (Å²) in [6, 6.07) is 5.23. The lowest BCUT2D eigenvalue weighted by Crippen LogP contribution is -2.41. The number of hydrogen-bond donors (Lipinski definition) is 3. The molecule has 2 rings (SSSR count). The summed E-state index contributed by atoms with van der Waals surface area (Å²) in [5, 5.41) is 13.3. The van der Waals surface area contributed by atoms with E-state index >= 15 is 0 Å². The van der Waals surface area contributed by atoms with E-state index in [0.29, 0.717) is 25.4 Å². The Morgan fingerprint density at radius 1 is 1.29 bits per heavy atom. The van der Waals surface area contributed by atoms with Crippen molar-refractivity contribution in [3.8, 4) is 0 Å². The van der Waals surface area contributed by atoms with E-state index in [0.717, 1.165) is 25.5 Å². The Morgan fingerprint density at radius 3 is 2.88 bits per heavy atom. The van der Waals surface area contributed by atoms with Crippen LogP contribution in [0.15, 0.2) is 46.3 Å². The largest absolute Gasteiger partial charge is 0.459 e. The molecule has 24 heavy (non-hydrogen) atoms. The fraction of sp³-hybridized carbons (Fsp3) is 0.438. The molecule has 0 unspecified atom stereocenters. The number of rotatable bonds is 9. The van der Waals surface area contributed by atoms with Crippen LogP contribution >= 0.6 is 0 Å². The van der Waals surface area contributed by atoms with Crippen LogP contribution in [0.1, 0.15) is 23.9 Å². The smallest absolute Gasteiger partial charge is 0.287 e. The molecule has 0 aliphatic rings. The predicted molar refractivity (Wildman–Crippen MR) is 91.9 cm³/mol. The van der Waals surface area contributed by atoms with Gasteiger partial charge in [0.1, 0.15) is 0 Å². The van der Waals surface area contributed by atoms with Gasteiger partial charge >= 0.3 is 0 Å². The molecule has 1 amide bonds. The molecule has 0 saturated carbocycles. The molecule has 0 bridgehead atoms. The molecule has 2 aromatic heterocycles. The quantitative estimate of drug-likeness (QED) is 0.359. The zero-order chi connectivity index (χ0) is 17.0. The van der Waals surface area contributed by atoms with E-state index in [1.165, 1.54) is 6.26 Å². The molecular weight excluding hydrogens is 308 g/mol. The Bertz CT molecular complexity index is 607. The van der Waals surface area contributed by atoms with Gasteiger partial charge in [-0.1, -0.05) is 0 Å². The fourth-order valence-electron chi connectivity index (χ4n) is 2.05. The van der Waals surface area contributed by atoms with Crippen molar-refractivity contribution >= 4 is 11.9 Å². The van der Waals surface area contributed by atoms with Crippen molar-refractivity contribution in [3.63, 3.8) is 0 Å². The topological polar surface area (TPSA) is 96.5 Å². The molecule has 0 aliphatic carbocycles. The number of aryl methyl sites for hydroxylation is 1. The van der Waals surface area contributed by atoms with Crippen LogP contribution < -0.4 is 16.0 Å². The fourth-order valence-corrected chi connectivity index (χ4v) is 2.05. The SMILES string of the molecule is CCNC(=NCCCn1cccn1)NCCNC(=O)c1ccco1. The summed E-state index contributed by atoms with van der Waals surface area (Å²) in [5.74, 6) is 0.836. The van der Waals surface area contributed by atoms with Gasteiger partial charge in [0.25, 0.3) is 5.91 Å². The average Bonchev–Trinajstić information content (AvgIpc) is 3.28. The van der Waals surface area contributed by atoms with Crippen molar-refractivity contribution < 1.29 is 9.21 Å². The highest BCUT2D eigenvalue weighted by Gasteiger charge is 2.06. The summed E-state index contributed by atoms with van der Waals surface area (Å²) in [4.78, 5) is 16.2. The van der Waals surface area contributed by atoms with Gasteiger partial charge in [0.05, 0.1) is 6.26 Å². The van der Waals surface area contributed by atoms with E-state index in [9.17, 15) is 4.79 Å². The Hall–Kier alpha value is -2.77. The van der Waals surface area contributed by atoms with Gasteiger partial charge in [-0.25, -0.2) is 0 Å². The second-order valence-corrected chi connectivity index (χ2v) is 5.04. The minimum Gasteiger partial charge on any atom is -0.459 e. The zero-order valence-corrected chi connectivity index (χ0v) is 13.9. The number of furan rings is 1. The molecule has 2 heterocycles. The van der Waals surface area contributed by atoms with Crippen LogP contribution in [0.25, 0.3) is 0 Å². The predicted octanol–water partition coefficient (Wildman–Crippen LogP) is 0.851. The highest BCUT2D eigenvalue weighted by molar-refractivity contribution is 5.91. The lowest BCUT2D eigenvalue weighted by atomic mass is 10.4. The van der Waals surface area contributed by atoms with Crippen LogP contribution in [0, 0.1) is 0 Å². The number of amides is 1. The minimum atomic E-state index is -0.219. The van der Waals surface area contributed by atoms with Gasteiger partial charge < -0.3 is 20.4 Å². The van der Waals surface area contributed by atoms with E-state index in [4.69, 9.17) is 4.42 Å². The van der Waals surface area contributed by atoms with Gasteiger partial charge in [0, 0.05) is 45.1 Å². The third-order valence-electron chi connectivity index (χ3n) is 3.17. The Morgan fingerprint density at radius 2 is 2.17 bits per heavy atom. The highest BCUT2D eigenvalue weighted by Crippen LogP contribution is 1.98. The number of aromatic nitrogens is 2. The molecule has 0 fully saturated rings. The molecule has 0 spiro atoms. The monoisotopic (exact) mass is 332 g/mol. The number of hydrogen-bond acceptors (Lipinski definition) is 4. The molecular formula is C16H24N6O2. The minimum absolute atomic E-state index is 0.219. The highest BCUT2D eigenvalue weighted by atomic mass is 16.3. The standard InChI is InChI=1S/C16H24N6O2/c1-2-17-16(19-7-4-11-22-12-5-8-21-22)20-10-9-18-15(23)14-6-3-13-24-14/h3,5-6,8,12-13H,2,4,7,9-11H2,1H3,(H,18,23)(H2,17,19,20). The van der Waals surface area contributed by atoms with Crippen molar-refractivity contribution in [1.29, 1.82) is 0 Å². The Kier molecular flexibility index (Phi) is 7.39. The number of nitrogens with one attached hydrogen (secondary N) is 3. The van der Waals surface area contributed by atoms with Gasteiger partial charge in [-0.3, -0.25) is 14.5 Å². The number of guanidine groups is 1. The molecule has 3 N–H and O–H groups in total. The van der Waals surface area contributed by atoms with Gasteiger partial charge in [-0.15, -0.1) is 0 Å². The summed E-state index contributed by atoms with van der Waals surface area (Å²) in [5.41, 5.74) is 0.